The first-order valence-electron chi connectivity index (χ1n) is 4.86. The highest BCUT2D eigenvalue weighted by atomic mass is 32.2. The van der Waals surface area contributed by atoms with E-state index in [1.807, 2.05) is 30.0 Å². The Labute approximate surface area is 98.3 Å². The molecule has 0 aliphatic carbocycles. The Kier molecular flexibility index (Phi) is 3.69. The molecule has 0 aliphatic heterocycles. The van der Waals surface area contributed by atoms with Crippen LogP contribution in [0.4, 0.5) is 5.69 Å². The summed E-state index contributed by atoms with van der Waals surface area (Å²) < 4.78 is 1.38. The first-order valence-corrected chi connectivity index (χ1v) is 6.72. The van der Waals surface area contributed by atoms with Gasteiger partial charge in [0.25, 0.3) is 0 Å². The van der Waals surface area contributed by atoms with Crippen molar-refractivity contribution in [3.05, 3.63) is 47.3 Å². The van der Waals surface area contributed by atoms with Gasteiger partial charge in [0, 0.05) is 11.4 Å². The molecule has 0 saturated heterocycles. The second kappa shape index (κ2) is 5.24. The molecular formula is C12H13NS2. The van der Waals surface area contributed by atoms with Crippen molar-refractivity contribution in [2.24, 2.45) is 0 Å². The maximum Gasteiger partial charge on any atom is 0.0598 e. The average Bonchev–Trinajstić information content (AvgIpc) is 2.74. The van der Waals surface area contributed by atoms with E-state index in [9.17, 15) is 0 Å². The van der Waals surface area contributed by atoms with Crippen LogP contribution in [0.15, 0.2) is 46.0 Å². The highest BCUT2D eigenvalue weighted by Crippen LogP contribution is 2.24. The molecule has 2 N–H and O–H groups in total. The molecule has 0 fully saturated rings. The Hall–Kier alpha value is -0.930. The Balaban J connectivity index is 1.86. The van der Waals surface area contributed by atoms with Crippen molar-refractivity contribution in [3.8, 4) is 0 Å². The molecule has 1 aromatic carbocycles. The van der Waals surface area contributed by atoms with Crippen LogP contribution in [0.1, 0.15) is 5.56 Å². The standard InChI is InChI=1S/C12H13NS2/c13-11-5-2-1-4-10(11)7-9-15-12-6-3-8-14-12/h1-6,8H,7,9,13H2. The van der Waals surface area contributed by atoms with Crippen molar-refractivity contribution in [2.75, 3.05) is 11.5 Å². The Morgan fingerprint density at radius 3 is 2.73 bits per heavy atom. The van der Waals surface area contributed by atoms with Gasteiger partial charge in [0.15, 0.2) is 0 Å². The number of hydrogen-bond donors (Lipinski definition) is 1. The lowest BCUT2D eigenvalue weighted by atomic mass is 10.1. The van der Waals surface area contributed by atoms with Crippen molar-refractivity contribution < 1.29 is 0 Å². The van der Waals surface area contributed by atoms with Gasteiger partial charge in [0.1, 0.15) is 0 Å². The molecule has 3 heteroatoms. The lowest BCUT2D eigenvalue weighted by molar-refractivity contribution is 1.16. The topological polar surface area (TPSA) is 26.0 Å². The molecular weight excluding hydrogens is 222 g/mol. The molecule has 2 rings (SSSR count). The molecule has 1 aromatic heterocycles. The van der Waals surface area contributed by atoms with Crippen LogP contribution in [0.5, 0.6) is 0 Å². The zero-order valence-corrected chi connectivity index (χ0v) is 9.98. The van der Waals surface area contributed by atoms with Crippen LogP contribution in [0.2, 0.25) is 0 Å². The molecule has 1 nitrogen and oxygen atoms in total. The number of para-hydroxylation sites is 1. The van der Waals surface area contributed by atoms with E-state index in [0.717, 1.165) is 17.9 Å². The Bertz CT molecular complexity index is 409. The highest BCUT2D eigenvalue weighted by Gasteiger charge is 1.99. The maximum atomic E-state index is 5.87. The zero-order chi connectivity index (χ0) is 10.5. The number of nitrogen functional groups attached to an aromatic ring is 1. The minimum Gasteiger partial charge on any atom is -0.399 e. The van der Waals surface area contributed by atoms with Gasteiger partial charge in [-0.2, -0.15) is 0 Å². The average molecular weight is 235 g/mol. The van der Waals surface area contributed by atoms with E-state index >= 15 is 0 Å². The lowest BCUT2D eigenvalue weighted by Crippen LogP contribution is -1.95. The molecule has 78 valence electrons. The zero-order valence-electron chi connectivity index (χ0n) is 8.35. The number of rotatable bonds is 4. The van der Waals surface area contributed by atoms with Crippen LogP contribution < -0.4 is 5.73 Å². The van der Waals surface area contributed by atoms with Crippen molar-refractivity contribution in [3.63, 3.8) is 0 Å². The van der Waals surface area contributed by atoms with Gasteiger partial charge in [-0.3, -0.25) is 0 Å². The fourth-order valence-corrected chi connectivity index (χ4v) is 3.20. The Morgan fingerprint density at radius 2 is 2.00 bits per heavy atom. The van der Waals surface area contributed by atoms with E-state index in [1.165, 1.54) is 9.77 Å². The molecule has 0 radical (unpaired) electrons. The number of anilines is 1. The summed E-state index contributed by atoms with van der Waals surface area (Å²) in [7, 11) is 0. The van der Waals surface area contributed by atoms with Crippen molar-refractivity contribution >= 4 is 28.8 Å². The second-order valence-corrected chi connectivity index (χ2v) is 5.57. The molecule has 0 unspecified atom stereocenters. The molecule has 0 bridgehead atoms. The largest absolute Gasteiger partial charge is 0.399 e. The SMILES string of the molecule is Nc1ccccc1CCSc1cccs1. The summed E-state index contributed by atoms with van der Waals surface area (Å²) in [6.07, 6.45) is 1.04. The summed E-state index contributed by atoms with van der Waals surface area (Å²) in [5, 5.41) is 2.11. The summed E-state index contributed by atoms with van der Waals surface area (Å²) >= 11 is 3.69. The minimum absolute atomic E-state index is 0.907. The number of thiophene rings is 1. The van der Waals surface area contributed by atoms with Crippen LogP contribution >= 0.6 is 23.1 Å². The molecule has 0 atom stereocenters. The lowest BCUT2D eigenvalue weighted by Gasteiger charge is -2.03. The summed E-state index contributed by atoms with van der Waals surface area (Å²) in [4.78, 5) is 0. The van der Waals surface area contributed by atoms with Crippen molar-refractivity contribution in [2.45, 2.75) is 10.6 Å². The van der Waals surface area contributed by atoms with Crippen molar-refractivity contribution in [1.82, 2.24) is 0 Å². The van der Waals surface area contributed by atoms with Crippen molar-refractivity contribution in [1.29, 1.82) is 0 Å². The van der Waals surface area contributed by atoms with Gasteiger partial charge >= 0.3 is 0 Å². The minimum atomic E-state index is 0.907. The molecule has 1 heterocycles. The maximum absolute atomic E-state index is 5.87. The first-order chi connectivity index (χ1) is 7.36. The fraction of sp³-hybridized carbons (Fsp3) is 0.167. The quantitative estimate of drug-likeness (QED) is 0.646. The predicted molar refractivity (Wildman–Crippen MR) is 69.6 cm³/mol. The van der Waals surface area contributed by atoms with E-state index < -0.39 is 0 Å². The number of benzene rings is 1. The molecule has 0 aliphatic rings. The van der Waals surface area contributed by atoms with Gasteiger partial charge < -0.3 is 5.73 Å². The van der Waals surface area contributed by atoms with Crippen LogP contribution in [-0.2, 0) is 6.42 Å². The van der Waals surface area contributed by atoms with E-state index in [-0.39, 0.29) is 0 Å². The third kappa shape index (κ3) is 3.01. The summed E-state index contributed by atoms with van der Waals surface area (Å²) in [6.45, 7) is 0. The highest BCUT2D eigenvalue weighted by molar-refractivity contribution is 8.01. The summed E-state index contributed by atoms with van der Waals surface area (Å²) in [5.74, 6) is 1.09. The third-order valence-corrected chi connectivity index (χ3v) is 4.30. The van der Waals surface area contributed by atoms with E-state index in [2.05, 4.69) is 23.6 Å². The summed E-state index contributed by atoms with van der Waals surface area (Å²) in [5.41, 5.74) is 8.03. The smallest absolute Gasteiger partial charge is 0.0598 e. The first kappa shape index (κ1) is 10.6. The van der Waals surface area contributed by atoms with Gasteiger partial charge in [-0.15, -0.1) is 23.1 Å². The number of nitrogens with two attached hydrogens (primary N) is 1. The van der Waals surface area contributed by atoms with E-state index in [1.54, 1.807) is 11.3 Å². The van der Waals surface area contributed by atoms with E-state index in [0.29, 0.717) is 0 Å². The molecule has 0 saturated carbocycles. The predicted octanol–water partition coefficient (Wildman–Crippen LogP) is 3.67. The molecule has 15 heavy (non-hydrogen) atoms. The van der Waals surface area contributed by atoms with Gasteiger partial charge in [0.2, 0.25) is 0 Å². The van der Waals surface area contributed by atoms with Crippen LogP contribution in [0.25, 0.3) is 0 Å². The third-order valence-electron chi connectivity index (χ3n) is 2.17. The molecule has 0 spiro atoms. The fourth-order valence-electron chi connectivity index (χ4n) is 1.37. The van der Waals surface area contributed by atoms with Gasteiger partial charge in [-0.1, -0.05) is 24.3 Å². The van der Waals surface area contributed by atoms with Crippen LogP contribution in [0, 0.1) is 0 Å². The van der Waals surface area contributed by atoms with Gasteiger partial charge in [-0.25, -0.2) is 0 Å². The molecule has 2 aromatic rings. The van der Waals surface area contributed by atoms with Gasteiger partial charge in [-0.05, 0) is 29.5 Å². The summed E-state index contributed by atoms with van der Waals surface area (Å²) in [6, 6.07) is 12.3. The Morgan fingerprint density at radius 1 is 1.13 bits per heavy atom. The van der Waals surface area contributed by atoms with E-state index in [4.69, 9.17) is 5.73 Å². The molecule has 0 amide bonds. The van der Waals surface area contributed by atoms with Crippen LogP contribution in [-0.4, -0.2) is 5.75 Å². The number of hydrogen-bond acceptors (Lipinski definition) is 3. The normalized spacial score (nSPS) is 10.4. The number of thioether (sulfide) groups is 1. The number of aryl methyl sites for hydroxylation is 1. The second-order valence-electron chi connectivity index (χ2n) is 3.23. The monoisotopic (exact) mass is 235 g/mol. The van der Waals surface area contributed by atoms with Crippen LogP contribution in [0.3, 0.4) is 0 Å². The van der Waals surface area contributed by atoms with Gasteiger partial charge in [0.05, 0.1) is 4.21 Å².